The van der Waals surface area contributed by atoms with E-state index < -0.39 is 10.0 Å². The van der Waals surface area contributed by atoms with Gasteiger partial charge in [-0.25, -0.2) is 13.4 Å². The molecule has 4 rings (SSSR count). The molecule has 0 atom stereocenters. The molecule has 0 fully saturated rings. The van der Waals surface area contributed by atoms with E-state index in [1.165, 1.54) is 0 Å². The Bertz CT molecular complexity index is 1270. The summed E-state index contributed by atoms with van der Waals surface area (Å²) in [7, 11) is -3.66. The highest BCUT2D eigenvalue weighted by Gasteiger charge is 2.14. The summed E-state index contributed by atoms with van der Waals surface area (Å²) in [6, 6.07) is 19.0. The molecule has 0 amide bonds. The number of sulfonamides is 1. The van der Waals surface area contributed by atoms with Crippen LogP contribution in [0.4, 0.5) is 5.69 Å². The number of nitrogens with zero attached hydrogens (tertiary/aromatic N) is 3. The summed E-state index contributed by atoms with van der Waals surface area (Å²) in [5.41, 5.74) is 1.32. The lowest BCUT2D eigenvalue weighted by molar-refractivity contribution is 0.459. The first-order valence-electron chi connectivity index (χ1n) is 9.25. The van der Waals surface area contributed by atoms with Gasteiger partial charge in [-0.1, -0.05) is 12.1 Å². The number of hydrogen-bond donors (Lipinski definition) is 1. The molecule has 0 saturated carbocycles. The number of ether oxygens (including phenoxy) is 1. The Labute approximate surface area is 175 Å². The number of aromatic nitrogens is 3. The van der Waals surface area contributed by atoms with E-state index in [9.17, 15) is 8.42 Å². The van der Waals surface area contributed by atoms with Crippen LogP contribution in [0.1, 0.15) is 11.4 Å². The van der Waals surface area contributed by atoms with Crippen molar-refractivity contribution in [2.75, 3.05) is 4.72 Å². The van der Waals surface area contributed by atoms with Crippen molar-refractivity contribution in [2.24, 2.45) is 0 Å². The number of anilines is 1. The molecule has 0 aliphatic rings. The minimum absolute atomic E-state index is 0.219. The van der Waals surface area contributed by atoms with Gasteiger partial charge in [0.25, 0.3) is 10.0 Å². The van der Waals surface area contributed by atoms with Gasteiger partial charge in [-0.05, 0) is 67.9 Å². The second-order valence-electron chi connectivity index (χ2n) is 6.75. The highest BCUT2D eigenvalue weighted by Crippen LogP contribution is 2.24. The Morgan fingerprint density at radius 3 is 2.33 bits per heavy atom. The van der Waals surface area contributed by atoms with Crippen LogP contribution in [0, 0.1) is 13.8 Å². The fourth-order valence-electron chi connectivity index (χ4n) is 2.91. The molecule has 0 unspecified atom stereocenters. The molecular weight excluding hydrogens is 400 g/mol. The van der Waals surface area contributed by atoms with Crippen LogP contribution < -0.4 is 9.46 Å². The van der Waals surface area contributed by atoms with Crippen LogP contribution in [0.15, 0.2) is 84.0 Å². The highest BCUT2D eigenvalue weighted by molar-refractivity contribution is 7.92. The Morgan fingerprint density at radius 1 is 0.900 bits per heavy atom. The van der Waals surface area contributed by atoms with Crippen molar-refractivity contribution in [1.82, 2.24) is 14.5 Å². The van der Waals surface area contributed by atoms with Gasteiger partial charge in [0.2, 0.25) is 5.88 Å². The largest absolute Gasteiger partial charge is 0.439 e. The second kappa shape index (κ2) is 8.00. The number of aryl methyl sites for hydroxylation is 2. The molecule has 0 aliphatic heterocycles. The first-order valence-corrected chi connectivity index (χ1v) is 10.7. The molecule has 30 heavy (non-hydrogen) atoms. The van der Waals surface area contributed by atoms with Gasteiger partial charge >= 0.3 is 0 Å². The number of nitrogens with one attached hydrogen (secondary N) is 1. The average molecular weight is 420 g/mol. The van der Waals surface area contributed by atoms with E-state index in [1.807, 2.05) is 42.1 Å². The monoisotopic (exact) mass is 420 g/mol. The SMILES string of the molecule is Cc1cccc(S(=O)(=O)Nc2ccc(Oc3cc(-n4cccc4)nc(C)n3)cc2)c1. The number of benzene rings is 2. The molecule has 2 heterocycles. The quantitative estimate of drug-likeness (QED) is 0.497. The van der Waals surface area contributed by atoms with Crippen LogP contribution >= 0.6 is 0 Å². The molecule has 7 nitrogen and oxygen atoms in total. The van der Waals surface area contributed by atoms with Gasteiger partial charge in [0.05, 0.1) is 4.90 Å². The predicted octanol–water partition coefficient (Wildman–Crippen LogP) is 4.48. The zero-order valence-corrected chi connectivity index (χ0v) is 17.3. The topological polar surface area (TPSA) is 86.1 Å². The molecular formula is C22H20N4O3S. The van der Waals surface area contributed by atoms with Crippen LogP contribution in [-0.4, -0.2) is 23.0 Å². The minimum atomic E-state index is -3.66. The summed E-state index contributed by atoms with van der Waals surface area (Å²) < 4.78 is 35.4. The van der Waals surface area contributed by atoms with Crippen LogP contribution in [0.25, 0.3) is 5.82 Å². The van der Waals surface area contributed by atoms with Crippen molar-refractivity contribution in [2.45, 2.75) is 18.7 Å². The third-order valence-corrected chi connectivity index (χ3v) is 5.68. The summed E-state index contributed by atoms with van der Waals surface area (Å²) in [6.45, 7) is 3.64. The first-order chi connectivity index (χ1) is 14.4. The maximum absolute atomic E-state index is 12.6. The summed E-state index contributed by atoms with van der Waals surface area (Å²) >= 11 is 0. The fraction of sp³-hybridized carbons (Fsp3) is 0.0909. The molecule has 0 aliphatic carbocycles. The highest BCUT2D eigenvalue weighted by atomic mass is 32.2. The maximum Gasteiger partial charge on any atom is 0.261 e. The minimum Gasteiger partial charge on any atom is -0.439 e. The smallest absolute Gasteiger partial charge is 0.261 e. The maximum atomic E-state index is 12.6. The van der Waals surface area contributed by atoms with E-state index in [0.717, 1.165) is 5.56 Å². The lowest BCUT2D eigenvalue weighted by Crippen LogP contribution is -2.12. The van der Waals surface area contributed by atoms with E-state index in [-0.39, 0.29) is 4.90 Å². The van der Waals surface area contributed by atoms with Gasteiger partial charge in [0.1, 0.15) is 17.4 Å². The fourth-order valence-corrected chi connectivity index (χ4v) is 4.07. The number of rotatable bonds is 6. The summed E-state index contributed by atoms with van der Waals surface area (Å²) in [6.07, 6.45) is 3.78. The Hall–Kier alpha value is -3.65. The zero-order chi connectivity index (χ0) is 21.1. The lowest BCUT2D eigenvalue weighted by atomic mass is 10.2. The van der Waals surface area contributed by atoms with Crippen molar-refractivity contribution < 1.29 is 13.2 Å². The Balaban J connectivity index is 1.51. The Morgan fingerprint density at radius 2 is 1.63 bits per heavy atom. The van der Waals surface area contributed by atoms with E-state index in [0.29, 0.717) is 29.0 Å². The van der Waals surface area contributed by atoms with Gasteiger partial charge in [0.15, 0.2) is 0 Å². The van der Waals surface area contributed by atoms with Crippen molar-refractivity contribution in [1.29, 1.82) is 0 Å². The molecule has 4 aromatic rings. The van der Waals surface area contributed by atoms with Crippen molar-refractivity contribution in [3.63, 3.8) is 0 Å². The van der Waals surface area contributed by atoms with Crippen LogP contribution in [0.2, 0.25) is 0 Å². The van der Waals surface area contributed by atoms with Crippen LogP contribution in [0.5, 0.6) is 11.6 Å². The standard InChI is InChI=1S/C22H20N4O3S/c1-16-6-5-7-20(14-16)30(27,28)25-18-8-10-19(11-9-18)29-22-15-21(23-17(2)24-22)26-12-3-4-13-26/h3-15,25H,1-2H3. The molecule has 0 radical (unpaired) electrons. The summed E-state index contributed by atoms with van der Waals surface area (Å²) in [4.78, 5) is 8.93. The third kappa shape index (κ3) is 4.49. The average Bonchev–Trinajstić information content (AvgIpc) is 3.24. The molecule has 0 saturated heterocycles. The first kappa shape index (κ1) is 19.7. The van der Waals surface area contributed by atoms with E-state index >= 15 is 0 Å². The van der Waals surface area contributed by atoms with Gasteiger partial charge in [0, 0.05) is 24.1 Å². The van der Waals surface area contributed by atoms with E-state index in [2.05, 4.69) is 14.7 Å². The van der Waals surface area contributed by atoms with E-state index in [4.69, 9.17) is 4.74 Å². The molecule has 0 bridgehead atoms. The van der Waals surface area contributed by atoms with E-state index in [1.54, 1.807) is 55.5 Å². The zero-order valence-electron chi connectivity index (χ0n) is 16.5. The lowest BCUT2D eigenvalue weighted by Gasteiger charge is -2.11. The summed E-state index contributed by atoms with van der Waals surface area (Å²) in [5.74, 6) is 2.22. The van der Waals surface area contributed by atoms with Crippen LogP contribution in [-0.2, 0) is 10.0 Å². The molecule has 8 heteroatoms. The van der Waals surface area contributed by atoms with Gasteiger partial charge in [-0.3, -0.25) is 4.72 Å². The van der Waals surface area contributed by atoms with Crippen molar-refractivity contribution in [3.8, 4) is 17.4 Å². The summed E-state index contributed by atoms with van der Waals surface area (Å²) in [5, 5.41) is 0. The molecule has 2 aromatic carbocycles. The Kier molecular flexibility index (Phi) is 5.24. The third-order valence-electron chi connectivity index (χ3n) is 4.30. The molecule has 2 aromatic heterocycles. The van der Waals surface area contributed by atoms with Crippen molar-refractivity contribution in [3.05, 3.63) is 90.5 Å². The van der Waals surface area contributed by atoms with Crippen LogP contribution in [0.3, 0.4) is 0 Å². The number of hydrogen-bond acceptors (Lipinski definition) is 5. The second-order valence-corrected chi connectivity index (χ2v) is 8.43. The predicted molar refractivity (Wildman–Crippen MR) is 115 cm³/mol. The van der Waals surface area contributed by atoms with Gasteiger partial charge in [-0.15, -0.1) is 0 Å². The molecule has 152 valence electrons. The van der Waals surface area contributed by atoms with Crippen molar-refractivity contribution >= 4 is 15.7 Å². The normalized spacial score (nSPS) is 11.3. The van der Waals surface area contributed by atoms with Gasteiger partial charge in [-0.2, -0.15) is 4.98 Å². The molecule has 0 spiro atoms. The van der Waals surface area contributed by atoms with Gasteiger partial charge < -0.3 is 9.30 Å². The molecule has 1 N–H and O–H groups in total.